The van der Waals surface area contributed by atoms with Crippen LogP contribution in [0.5, 0.6) is 5.75 Å². The number of halogens is 1. The molecule has 0 fully saturated rings. The first-order valence-electron chi connectivity index (χ1n) is 7.39. The van der Waals surface area contributed by atoms with Crippen LogP contribution in [-0.2, 0) is 6.54 Å². The van der Waals surface area contributed by atoms with Crippen molar-refractivity contribution in [3.05, 3.63) is 29.3 Å². The predicted molar refractivity (Wildman–Crippen MR) is 101 cm³/mol. The van der Waals surface area contributed by atoms with E-state index in [0.29, 0.717) is 12.5 Å². The van der Waals surface area contributed by atoms with Crippen molar-refractivity contribution in [1.29, 1.82) is 0 Å². The summed E-state index contributed by atoms with van der Waals surface area (Å²) in [4.78, 5) is 6.52. The van der Waals surface area contributed by atoms with Crippen molar-refractivity contribution in [2.75, 3.05) is 19.7 Å². The van der Waals surface area contributed by atoms with Crippen molar-refractivity contribution in [3.63, 3.8) is 0 Å². The number of nitrogens with zero attached hydrogens (tertiary/aromatic N) is 2. The van der Waals surface area contributed by atoms with E-state index in [-0.39, 0.29) is 24.0 Å². The van der Waals surface area contributed by atoms with Gasteiger partial charge >= 0.3 is 0 Å². The molecule has 0 aromatic heterocycles. The number of rotatable bonds is 7. The molecule has 21 heavy (non-hydrogen) atoms. The first-order valence-corrected chi connectivity index (χ1v) is 7.39. The molecule has 0 unspecified atom stereocenters. The highest BCUT2D eigenvalue weighted by Crippen LogP contribution is 2.21. The van der Waals surface area contributed by atoms with Gasteiger partial charge in [0, 0.05) is 18.7 Å². The lowest BCUT2D eigenvalue weighted by Crippen LogP contribution is -2.37. The second-order valence-electron chi connectivity index (χ2n) is 4.81. The van der Waals surface area contributed by atoms with Crippen LogP contribution in [0.4, 0.5) is 0 Å². The van der Waals surface area contributed by atoms with Crippen LogP contribution in [0.15, 0.2) is 23.2 Å². The van der Waals surface area contributed by atoms with Gasteiger partial charge in [0.25, 0.3) is 0 Å². The summed E-state index contributed by atoms with van der Waals surface area (Å²) in [6.07, 6.45) is 0.998. The van der Waals surface area contributed by atoms with E-state index in [2.05, 4.69) is 50.9 Å². The fraction of sp³-hybridized carbons (Fsp3) is 0.562. The van der Waals surface area contributed by atoms with Crippen LogP contribution in [0, 0.1) is 6.92 Å². The summed E-state index contributed by atoms with van der Waals surface area (Å²) in [5, 5.41) is 0. The normalized spacial score (nSPS) is 11.0. The van der Waals surface area contributed by atoms with E-state index >= 15 is 0 Å². The molecule has 4 nitrogen and oxygen atoms in total. The van der Waals surface area contributed by atoms with Gasteiger partial charge in [-0.25, -0.2) is 4.99 Å². The van der Waals surface area contributed by atoms with Crippen LogP contribution in [0.2, 0.25) is 0 Å². The monoisotopic (exact) mass is 405 g/mol. The first kappa shape index (κ1) is 20.0. The lowest BCUT2D eigenvalue weighted by atomic mass is 10.1. The van der Waals surface area contributed by atoms with Crippen molar-refractivity contribution in [2.45, 2.75) is 40.7 Å². The summed E-state index contributed by atoms with van der Waals surface area (Å²) in [5.74, 6) is 1.51. The van der Waals surface area contributed by atoms with Crippen LogP contribution in [0.3, 0.4) is 0 Å². The zero-order valence-corrected chi connectivity index (χ0v) is 15.9. The smallest absolute Gasteiger partial charge is 0.191 e. The molecule has 0 amide bonds. The molecule has 0 spiro atoms. The lowest BCUT2D eigenvalue weighted by molar-refractivity contribution is 0.314. The molecule has 120 valence electrons. The molecule has 0 aliphatic carbocycles. The highest BCUT2D eigenvalue weighted by Gasteiger charge is 2.06. The molecule has 0 radical (unpaired) electrons. The molecule has 5 heteroatoms. The minimum atomic E-state index is 0. The highest BCUT2D eigenvalue weighted by atomic mass is 127. The van der Waals surface area contributed by atoms with Crippen molar-refractivity contribution >= 4 is 29.9 Å². The third-order valence-corrected chi connectivity index (χ3v) is 3.18. The van der Waals surface area contributed by atoms with E-state index in [1.165, 1.54) is 5.56 Å². The van der Waals surface area contributed by atoms with Crippen molar-refractivity contribution in [2.24, 2.45) is 10.7 Å². The Morgan fingerprint density at radius 2 is 1.90 bits per heavy atom. The summed E-state index contributed by atoms with van der Waals surface area (Å²) in [6.45, 7) is 11.4. The fourth-order valence-corrected chi connectivity index (χ4v) is 1.95. The van der Waals surface area contributed by atoms with Crippen LogP contribution in [0.25, 0.3) is 0 Å². The van der Waals surface area contributed by atoms with E-state index in [1.54, 1.807) is 0 Å². The van der Waals surface area contributed by atoms with Gasteiger partial charge in [0.05, 0.1) is 13.2 Å². The Morgan fingerprint density at radius 1 is 1.24 bits per heavy atom. The maximum Gasteiger partial charge on any atom is 0.191 e. The van der Waals surface area contributed by atoms with Crippen molar-refractivity contribution < 1.29 is 4.74 Å². The van der Waals surface area contributed by atoms with Gasteiger partial charge in [0.15, 0.2) is 5.96 Å². The standard InChI is InChI=1S/C16H27N3O.HI/c1-5-10-20-15-11-13(4)8-9-14(15)12-18-16(17)19(6-2)7-3;/h8-9,11H,5-7,10,12H2,1-4H3,(H2,17,18);1H. The minimum Gasteiger partial charge on any atom is -0.493 e. The summed E-state index contributed by atoms with van der Waals surface area (Å²) in [7, 11) is 0. The quantitative estimate of drug-likeness (QED) is 0.429. The predicted octanol–water partition coefficient (Wildman–Crippen LogP) is 3.56. The fourth-order valence-electron chi connectivity index (χ4n) is 1.95. The first-order chi connectivity index (χ1) is 9.62. The van der Waals surface area contributed by atoms with Gasteiger partial charge < -0.3 is 15.4 Å². The Labute approximate surface area is 145 Å². The molecule has 0 aliphatic heterocycles. The van der Waals surface area contributed by atoms with Gasteiger partial charge in [-0.05, 0) is 38.8 Å². The Morgan fingerprint density at radius 3 is 2.48 bits per heavy atom. The number of nitrogens with two attached hydrogens (primary N) is 1. The lowest BCUT2D eigenvalue weighted by Gasteiger charge is -2.19. The second kappa shape index (κ2) is 10.7. The van der Waals surface area contributed by atoms with Gasteiger partial charge in [-0.2, -0.15) is 0 Å². The van der Waals surface area contributed by atoms with Crippen LogP contribution in [-0.4, -0.2) is 30.6 Å². The van der Waals surface area contributed by atoms with E-state index < -0.39 is 0 Å². The summed E-state index contributed by atoms with van der Waals surface area (Å²) < 4.78 is 5.79. The Balaban J connectivity index is 0.00000400. The minimum absolute atomic E-state index is 0. The summed E-state index contributed by atoms with van der Waals surface area (Å²) in [5.41, 5.74) is 8.28. The highest BCUT2D eigenvalue weighted by molar-refractivity contribution is 14.0. The van der Waals surface area contributed by atoms with Gasteiger partial charge in [0.2, 0.25) is 0 Å². The molecule has 0 saturated heterocycles. The molecule has 1 aromatic carbocycles. The molecule has 0 atom stereocenters. The van der Waals surface area contributed by atoms with Crippen molar-refractivity contribution in [3.8, 4) is 5.75 Å². The van der Waals surface area contributed by atoms with Gasteiger partial charge in [-0.3, -0.25) is 0 Å². The maximum absolute atomic E-state index is 6.00. The second-order valence-corrected chi connectivity index (χ2v) is 4.81. The topological polar surface area (TPSA) is 50.9 Å². The Kier molecular flexibility index (Phi) is 10.2. The molecule has 1 aromatic rings. The zero-order chi connectivity index (χ0) is 15.0. The van der Waals surface area contributed by atoms with Gasteiger partial charge in [-0.15, -0.1) is 24.0 Å². The zero-order valence-electron chi connectivity index (χ0n) is 13.6. The Hall–Kier alpha value is -0.980. The van der Waals surface area contributed by atoms with Gasteiger partial charge in [-0.1, -0.05) is 19.1 Å². The SMILES string of the molecule is CCCOc1cc(C)ccc1CN=C(N)N(CC)CC.I. The van der Waals surface area contributed by atoms with E-state index in [1.807, 2.05) is 4.90 Å². The molecule has 0 saturated carbocycles. The average molecular weight is 405 g/mol. The number of guanidine groups is 1. The molecular formula is C16H28IN3O. The number of hydrogen-bond donors (Lipinski definition) is 1. The molecule has 0 bridgehead atoms. The van der Waals surface area contributed by atoms with Crippen LogP contribution in [0.1, 0.15) is 38.3 Å². The average Bonchev–Trinajstić information content (AvgIpc) is 2.45. The number of benzene rings is 1. The van der Waals surface area contributed by atoms with E-state index in [0.717, 1.165) is 37.4 Å². The number of aliphatic imine (C=N–C) groups is 1. The van der Waals surface area contributed by atoms with Crippen LogP contribution < -0.4 is 10.5 Å². The number of ether oxygens (including phenoxy) is 1. The van der Waals surface area contributed by atoms with E-state index in [9.17, 15) is 0 Å². The third-order valence-electron chi connectivity index (χ3n) is 3.18. The summed E-state index contributed by atoms with van der Waals surface area (Å²) >= 11 is 0. The van der Waals surface area contributed by atoms with Crippen molar-refractivity contribution in [1.82, 2.24) is 4.90 Å². The molecule has 0 aliphatic rings. The number of aryl methyl sites for hydroxylation is 1. The van der Waals surface area contributed by atoms with E-state index in [4.69, 9.17) is 10.5 Å². The van der Waals surface area contributed by atoms with Gasteiger partial charge in [0.1, 0.15) is 5.75 Å². The maximum atomic E-state index is 6.00. The summed E-state index contributed by atoms with van der Waals surface area (Å²) in [6, 6.07) is 6.21. The molecule has 2 N–H and O–H groups in total. The van der Waals surface area contributed by atoms with Crippen LogP contribution >= 0.6 is 24.0 Å². The third kappa shape index (κ3) is 6.54. The molecule has 0 heterocycles. The molecular weight excluding hydrogens is 377 g/mol. The largest absolute Gasteiger partial charge is 0.493 e. The Bertz CT molecular complexity index is 445. The number of hydrogen-bond acceptors (Lipinski definition) is 2. The molecule has 1 rings (SSSR count).